The van der Waals surface area contributed by atoms with Gasteiger partial charge in [0.25, 0.3) is 5.69 Å². The van der Waals surface area contributed by atoms with Crippen LogP contribution in [0.4, 0.5) is 5.69 Å². The van der Waals surface area contributed by atoms with Crippen molar-refractivity contribution in [2.75, 3.05) is 0 Å². The lowest BCUT2D eigenvalue weighted by Gasteiger charge is -2.01. The van der Waals surface area contributed by atoms with Gasteiger partial charge < -0.3 is 0 Å². The van der Waals surface area contributed by atoms with E-state index >= 15 is 0 Å². The maximum atomic E-state index is 10.5. The van der Waals surface area contributed by atoms with Gasteiger partial charge in [-0.05, 0) is 25.8 Å². The molecule has 0 saturated heterocycles. The summed E-state index contributed by atoms with van der Waals surface area (Å²) in [6, 6.07) is 5.05. The Morgan fingerprint density at radius 2 is 2.25 bits per heavy atom. The molecule has 63 valence electrons. The summed E-state index contributed by atoms with van der Waals surface area (Å²) >= 11 is 0. The Hall–Kier alpha value is -1.38. The lowest BCUT2D eigenvalue weighted by molar-refractivity contribution is -0.385. The first-order chi connectivity index (χ1) is 5.66. The second-order valence-corrected chi connectivity index (χ2v) is 2.57. The first kappa shape index (κ1) is 8.71. The third kappa shape index (κ3) is 1.44. The summed E-state index contributed by atoms with van der Waals surface area (Å²) in [6.45, 7) is 5.44. The van der Waals surface area contributed by atoms with Crippen LogP contribution in [0.1, 0.15) is 11.1 Å². The Labute approximate surface area is 71.2 Å². The number of hydrogen-bond acceptors (Lipinski definition) is 2. The Morgan fingerprint density at radius 1 is 1.58 bits per heavy atom. The summed E-state index contributed by atoms with van der Waals surface area (Å²) < 4.78 is 0. The lowest BCUT2D eigenvalue weighted by atomic mass is 10.1. The summed E-state index contributed by atoms with van der Waals surface area (Å²) in [5.74, 6) is 0. The molecule has 12 heavy (non-hydrogen) atoms. The molecule has 1 aromatic carbocycles. The van der Waals surface area contributed by atoms with Crippen LogP contribution in [0.2, 0.25) is 0 Å². The van der Waals surface area contributed by atoms with E-state index in [9.17, 15) is 10.1 Å². The fourth-order valence-electron chi connectivity index (χ4n) is 1.14. The van der Waals surface area contributed by atoms with Crippen LogP contribution in [0.3, 0.4) is 0 Å². The van der Waals surface area contributed by atoms with Gasteiger partial charge in [-0.3, -0.25) is 10.1 Å². The van der Waals surface area contributed by atoms with Crippen molar-refractivity contribution >= 4 is 5.69 Å². The zero-order chi connectivity index (χ0) is 9.14. The van der Waals surface area contributed by atoms with Crippen LogP contribution in [0, 0.1) is 24.0 Å². The number of hydrogen-bond donors (Lipinski definition) is 0. The molecule has 0 aromatic heterocycles. The minimum Gasteiger partial charge on any atom is -0.258 e. The lowest BCUT2D eigenvalue weighted by Crippen LogP contribution is -1.94. The molecule has 0 saturated carbocycles. The third-order valence-electron chi connectivity index (χ3n) is 1.88. The van der Waals surface area contributed by atoms with Crippen molar-refractivity contribution in [3.05, 3.63) is 46.4 Å². The Kier molecular flexibility index (Phi) is 2.43. The molecular formula is C9H10NO2. The highest BCUT2D eigenvalue weighted by atomic mass is 16.6. The number of benzene rings is 1. The van der Waals surface area contributed by atoms with E-state index < -0.39 is 0 Å². The monoisotopic (exact) mass is 164 g/mol. The second kappa shape index (κ2) is 3.34. The standard InChI is InChI=1S/C9H10NO2/c1-3-8-5-4-6-9(7(8)2)10(11)12/h4-6H,1,3H2,2H3. The smallest absolute Gasteiger partial charge is 0.258 e. The zero-order valence-corrected chi connectivity index (χ0v) is 6.91. The van der Waals surface area contributed by atoms with Crippen LogP contribution >= 0.6 is 0 Å². The summed E-state index contributed by atoms with van der Waals surface area (Å²) in [5, 5.41) is 10.5. The third-order valence-corrected chi connectivity index (χ3v) is 1.88. The Bertz CT molecular complexity index is 307. The van der Waals surface area contributed by atoms with E-state index in [1.807, 2.05) is 6.07 Å². The van der Waals surface area contributed by atoms with Gasteiger partial charge in [0.05, 0.1) is 4.92 Å². The van der Waals surface area contributed by atoms with Crippen LogP contribution in [-0.2, 0) is 6.42 Å². The van der Waals surface area contributed by atoms with E-state index in [1.165, 1.54) is 6.07 Å². The van der Waals surface area contributed by atoms with Gasteiger partial charge in [0, 0.05) is 11.6 Å². The van der Waals surface area contributed by atoms with Gasteiger partial charge in [0.2, 0.25) is 0 Å². The van der Waals surface area contributed by atoms with Gasteiger partial charge >= 0.3 is 0 Å². The van der Waals surface area contributed by atoms with Gasteiger partial charge in [0.15, 0.2) is 0 Å². The van der Waals surface area contributed by atoms with Crippen molar-refractivity contribution < 1.29 is 4.92 Å². The van der Waals surface area contributed by atoms with Gasteiger partial charge in [0.1, 0.15) is 0 Å². The van der Waals surface area contributed by atoms with Crippen LogP contribution in [0.15, 0.2) is 18.2 Å². The molecule has 0 heterocycles. The van der Waals surface area contributed by atoms with Gasteiger partial charge in [-0.2, -0.15) is 0 Å². The Balaban J connectivity index is 3.23. The van der Waals surface area contributed by atoms with E-state index in [4.69, 9.17) is 0 Å². The SMILES string of the molecule is [CH2]Cc1cccc([N+](=O)[O-])c1C. The molecule has 0 aliphatic heterocycles. The van der Waals surface area contributed by atoms with Crippen molar-refractivity contribution in [2.24, 2.45) is 0 Å². The van der Waals surface area contributed by atoms with Gasteiger partial charge in [-0.25, -0.2) is 0 Å². The summed E-state index contributed by atoms with van der Waals surface area (Å²) in [4.78, 5) is 10.1. The van der Waals surface area contributed by atoms with Gasteiger partial charge in [-0.15, -0.1) is 0 Å². The van der Waals surface area contributed by atoms with Crippen LogP contribution in [0.25, 0.3) is 0 Å². The summed E-state index contributed by atoms with van der Waals surface area (Å²) in [7, 11) is 0. The number of nitro groups is 1. The first-order valence-corrected chi connectivity index (χ1v) is 3.69. The fraction of sp³-hybridized carbons (Fsp3) is 0.222. The molecule has 0 aliphatic rings. The predicted octanol–water partition coefficient (Wildman–Crippen LogP) is 2.28. The summed E-state index contributed by atoms with van der Waals surface area (Å²) in [6.07, 6.45) is 0.591. The molecule has 3 nitrogen and oxygen atoms in total. The van der Waals surface area contributed by atoms with Crippen LogP contribution < -0.4 is 0 Å². The van der Waals surface area contributed by atoms with E-state index in [2.05, 4.69) is 6.92 Å². The maximum Gasteiger partial charge on any atom is 0.272 e. The highest BCUT2D eigenvalue weighted by Crippen LogP contribution is 2.20. The van der Waals surface area contributed by atoms with E-state index in [1.54, 1.807) is 13.0 Å². The molecule has 0 aliphatic carbocycles. The minimum absolute atomic E-state index is 0.177. The second-order valence-electron chi connectivity index (χ2n) is 2.57. The Morgan fingerprint density at radius 3 is 2.75 bits per heavy atom. The van der Waals surface area contributed by atoms with E-state index in [0.717, 1.165) is 11.1 Å². The maximum absolute atomic E-state index is 10.5. The molecule has 0 fully saturated rings. The highest BCUT2D eigenvalue weighted by molar-refractivity contribution is 5.44. The molecule has 0 spiro atoms. The molecule has 3 heteroatoms. The van der Waals surface area contributed by atoms with Crippen molar-refractivity contribution in [3.8, 4) is 0 Å². The van der Waals surface area contributed by atoms with Crippen LogP contribution in [-0.4, -0.2) is 4.92 Å². The zero-order valence-electron chi connectivity index (χ0n) is 6.91. The predicted molar refractivity (Wildman–Crippen MR) is 46.9 cm³/mol. The molecule has 0 N–H and O–H groups in total. The van der Waals surface area contributed by atoms with Crippen molar-refractivity contribution in [1.29, 1.82) is 0 Å². The summed E-state index contributed by atoms with van der Waals surface area (Å²) in [5.41, 5.74) is 1.83. The quantitative estimate of drug-likeness (QED) is 0.497. The molecule has 0 unspecified atom stereocenters. The van der Waals surface area contributed by atoms with Crippen LogP contribution in [0.5, 0.6) is 0 Å². The van der Waals surface area contributed by atoms with Crippen molar-refractivity contribution in [2.45, 2.75) is 13.3 Å². The van der Waals surface area contributed by atoms with E-state index in [-0.39, 0.29) is 10.6 Å². The average Bonchev–Trinajstić information content (AvgIpc) is 2.04. The normalized spacial score (nSPS) is 9.83. The molecule has 1 rings (SSSR count). The number of nitro benzene ring substituents is 1. The number of rotatable bonds is 2. The molecule has 0 amide bonds. The molecule has 0 bridgehead atoms. The molecule has 0 atom stereocenters. The topological polar surface area (TPSA) is 43.1 Å². The first-order valence-electron chi connectivity index (χ1n) is 3.69. The molecule has 1 radical (unpaired) electrons. The number of nitrogens with zero attached hydrogens (tertiary/aromatic N) is 1. The van der Waals surface area contributed by atoms with Crippen molar-refractivity contribution in [3.63, 3.8) is 0 Å². The molecule has 1 aromatic rings. The molecular weight excluding hydrogens is 154 g/mol. The van der Waals surface area contributed by atoms with E-state index in [0.29, 0.717) is 6.42 Å². The largest absolute Gasteiger partial charge is 0.272 e. The fourth-order valence-corrected chi connectivity index (χ4v) is 1.14. The average molecular weight is 164 g/mol. The van der Waals surface area contributed by atoms with Crippen molar-refractivity contribution in [1.82, 2.24) is 0 Å². The minimum atomic E-state index is -0.367. The van der Waals surface area contributed by atoms with Gasteiger partial charge in [-0.1, -0.05) is 12.1 Å². The highest BCUT2D eigenvalue weighted by Gasteiger charge is 2.11.